The average molecular weight is 384 g/mol. The largest absolute Gasteiger partial charge is 0.497 e. The summed E-state index contributed by atoms with van der Waals surface area (Å²) in [6, 6.07) is 8.32. The van der Waals surface area contributed by atoms with E-state index in [9.17, 15) is 23.1 Å². The van der Waals surface area contributed by atoms with E-state index in [4.69, 9.17) is 9.47 Å². The lowest BCUT2D eigenvalue weighted by atomic mass is 10.1. The lowest BCUT2D eigenvalue weighted by Gasteiger charge is -2.17. The second kappa shape index (κ2) is 8.63. The van der Waals surface area contributed by atoms with Gasteiger partial charge in [0.1, 0.15) is 17.6 Å². The summed E-state index contributed by atoms with van der Waals surface area (Å²) in [6.45, 7) is -0.186. The van der Waals surface area contributed by atoms with Crippen molar-refractivity contribution in [3.8, 4) is 11.5 Å². The molecule has 3 N–H and O–H groups in total. The van der Waals surface area contributed by atoms with Crippen LogP contribution in [0, 0.1) is 0 Å². The molecule has 1 atom stereocenters. The Hall–Kier alpha value is -2.94. The zero-order chi connectivity index (χ0) is 20.0. The van der Waals surface area contributed by atoms with E-state index in [1.807, 2.05) is 0 Å². The van der Waals surface area contributed by atoms with Crippen molar-refractivity contribution < 1.29 is 32.5 Å². The van der Waals surface area contributed by atoms with Gasteiger partial charge >= 0.3 is 12.2 Å². The van der Waals surface area contributed by atoms with Crippen molar-refractivity contribution in [1.29, 1.82) is 0 Å². The molecule has 0 saturated heterocycles. The van der Waals surface area contributed by atoms with Crippen LogP contribution in [0.1, 0.15) is 17.2 Å². The average Bonchev–Trinajstić information content (AvgIpc) is 2.65. The number of methoxy groups -OCH3 is 2. The van der Waals surface area contributed by atoms with Crippen molar-refractivity contribution in [3.63, 3.8) is 0 Å². The first-order valence-electron chi connectivity index (χ1n) is 7.86. The molecule has 0 fully saturated rings. The number of carbonyl (C=O) groups is 1. The van der Waals surface area contributed by atoms with Gasteiger partial charge in [0.15, 0.2) is 0 Å². The van der Waals surface area contributed by atoms with E-state index in [1.54, 1.807) is 18.2 Å². The Bertz CT molecular complexity index is 796. The fraction of sp³-hybridized carbons (Fsp3) is 0.278. The number of urea groups is 1. The van der Waals surface area contributed by atoms with Crippen LogP contribution in [-0.2, 0) is 6.18 Å². The number of carbonyl (C=O) groups excluding carboxylic acids is 1. The lowest BCUT2D eigenvalue weighted by molar-refractivity contribution is -0.137. The van der Waals surface area contributed by atoms with Crippen molar-refractivity contribution in [3.05, 3.63) is 53.6 Å². The number of anilines is 1. The standard InChI is InChI=1S/C18H19F3N2O4/c1-26-13-6-7-16(27-2)14(9-13)15(24)10-22-17(25)23-12-5-3-4-11(8-12)18(19,20)21/h3-9,15,24H,10H2,1-2H3,(H2,22,23,25). The molecule has 2 aromatic rings. The number of hydrogen-bond donors (Lipinski definition) is 3. The molecule has 6 nitrogen and oxygen atoms in total. The normalized spacial score (nSPS) is 12.2. The SMILES string of the molecule is COc1ccc(OC)c(C(O)CNC(=O)Nc2cccc(C(F)(F)F)c2)c1. The van der Waals surface area contributed by atoms with Gasteiger partial charge in [-0.2, -0.15) is 13.2 Å². The maximum absolute atomic E-state index is 12.7. The minimum Gasteiger partial charge on any atom is -0.497 e. The minimum atomic E-state index is -4.51. The quantitative estimate of drug-likeness (QED) is 0.711. The molecule has 0 bridgehead atoms. The highest BCUT2D eigenvalue weighted by molar-refractivity contribution is 5.89. The van der Waals surface area contributed by atoms with Crippen LogP contribution < -0.4 is 20.1 Å². The third-order valence-electron chi connectivity index (χ3n) is 3.70. The first kappa shape index (κ1) is 20.4. The predicted octanol–water partition coefficient (Wildman–Crippen LogP) is 3.58. The minimum absolute atomic E-state index is 0.0178. The fourth-order valence-corrected chi connectivity index (χ4v) is 2.35. The lowest BCUT2D eigenvalue weighted by Crippen LogP contribution is -2.32. The first-order valence-corrected chi connectivity index (χ1v) is 7.86. The summed E-state index contributed by atoms with van der Waals surface area (Å²) in [5, 5.41) is 15.0. The highest BCUT2D eigenvalue weighted by Gasteiger charge is 2.30. The third-order valence-corrected chi connectivity index (χ3v) is 3.70. The number of halogens is 3. The molecule has 0 aliphatic carbocycles. The van der Waals surface area contributed by atoms with Crippen molar-refractivity contribution >= 4 is 11.7 Å². The predicted molar refractivity (Wildman–Crippen MR) is 93.0 cm³/mol. The highest BCUT2D eigenvalue weighted by atomic mass is 19.4. The molecule has 2 aromatic carbocycles. The Morgan fingerprint density at radius 1 is 1.15 bits per heavy atom. The number of aliphatic hydroxyl groups is 1. The summed E-state index contributed by atoms with van der Waals surface area (Å²) in [6.07, 6.45) is -5.62. The molecule has 0 radical (unpaired) electrons. The number of alkyl halides is 3. The third kappa shape index (κ3) is 5.52. The molecule has 0 aromatic heterocycles. The topological polar surface area (TPSA) is 79.8 Å². The summed E-state index contributed by atoms with van der Waals surface area (Å²) in [7, 11) is 2.91. The number of hydrogen-bond acceptors (Lipinski definition) is 4. The number of ether oxygens (including phenoxy) is 2. The maximum Gasteiger partial charge on any atom is 0.416 e. The van der Waals surface area contributed by atoms with E-state index in [2.05, 4.69) is 10.6 Å². The fourth-order valence-electron chi connectivity index (χ4n) is 2.35. The van der Waals surface area contributed by atoms with Gasteiger partial charge in [0.05, 0.1) is 19.8 Å². The van der Waals surface area contributed by atoms with E-state index < -0.39 is 23.9 Å². The molecule has 2 amide bonds. The van der Waals surface area contributed by atoms with Crippen molar-refractivity contribution in [2.75, 3.05) is 26.1 Å². The number of nitrogens with one attached hydrogen (secondary N) is 2. The monoisotopic (exact) mass is 384 g/mol. The first-order chi connectivity index (χ1) is 12.7. The van der Waals surface area contributed by atoms with Crippen LogP contribution in [0.3, 0.4) is 0 Å². The zero-order valence-electron chi connectivity index (χ0n) is 14.6. The Morgan fingerprint density at radius 2 is 1.89 bits per heavy atom. The molecule has 0 aliphatic rings. The molecule has 0 saturated carbocycles. The molecule has 9 heteroatoms. The van der Waals surface area contributed by atoms with E-state index in [0.29, 0.717) is 17.1 Å². The van der Waals surface area contributed by atoms with Gasteiger partial charge in [-0.05, 0) is 36.4 Å². The molecular formula is C18H19F3N2O4. The molecule has 1 unspecified atom stereocenters. The van der Waals surface area contributed by atoms with Gasteiger partial charge in [-0.3, -0.25) is 0 Å². The Morgan fingerprint density at radius 3 is 2.52 bits per heavy atom. The van der Waals surface area contributed by atoms with E-state index in [1.165, 1.54) is 26.4 Å². The van der Waals surface area contributed by atoms with Gasteiger partial charge in [-0.1, -0.05) is 6.07 Å². The van der Waals surface area contributed by atoms with Gasteiger partial charge < -0.3 is 25.2 Å². The molecule has 146 valence electrons. The molecule has 2 rings (SSSR count). The smallest absolute Gasteiger partial charge is 0.416 e. The van der Waals surface area contributed by atoms with Gasteiger partial charge in [0, 0.05) is 17.8 Å². The van der Waals surface area contributed by atoms with Gasteiger partial charge in [0.25, 0.3) is 0 Å². The van der Waals surface area contributed by atoms with Gasteiger partial charge in [0.2, 0.25) is 0 Å². The molecule has 27 heavy (non-hydrogen) atoms. The maximum atomic E-state index is 12.7. The van der Waals surface area contributed by atoms with Crippen molar-refractivity contribution in [1.82, 2.24) is 5.32 Å². The van der Waals surface area contributed by atoms with E-state index >= 15 is 0 Å². The van der Waals surface area contributed by atoms with Crippen LogP contribution in [0.15, 0.2) is 42.5 Å². The highest BCUT2D eigenvalue weighted by Crippen LogP contribution is 2.31. The van der Waals surface area contributed by atoms with Crippen LogP contribution >= 0.6 is 0 Å². The molecular weight excluding hydrogens is 365 g/mol. The molecule has 0 spiro atoms. The van der Waals surface area contributed by atoms with Gasteiger partial charge in [-0.15, -0.1) is 0 Å². The summed E-state index contributed by atoms with van der Waals surface area (Å²) in [5.74, 6) is 0.904. The van der Waals surface area contributed by atoms with Crippen LogP contribution in [0.4, 0.5) is 23.7 Å². The van der Waals surface area contributed by atoms with E-state index in [-0.39, 0.29) is 12.2 Å². The summed E-state index contributed by atoms with van der Waals surface area (Å²) >= 11 is 0. The number of benzene rings is 2. The number of amides is 2. The summed E-state index contributed by atoms with van der Waals surface area (Å²) < 4.78 is 48.3. The zero-order valence-corrected chi connectivity index (χ0v) is 14.6. The van der Waals surface area contributed by atoms with Crippen LogP contribution in [0.5, 0.6) is 11.5 Å². The number of aliphatic hydroxyl groups excluding tert-OH is 1. The van der Waals surface area contributed by atoms with Crippen molar-refractivity contribution in [2.24, 2.45) is 0 Å². The molecule has 0 aliphatic heterocycles. The van der Waals surface area contributed by atoms with Crippen LogP contribution in [0.2, 0.25) is 0 Å². The Kier molecular flexibility index (Phi) is 6.51. The summed E-state index contributed by atoms with van der Waals surface area (Å²) in [5.41, 5.74) is -0.492. The van der Waals surface area contributed by atoms with Crippen molar-refractivity contribution in [2.45, 2.75) is 12.3 Å². The Balaban J connectivity index is 2.00. The second-order valence-electron chi connectivity index (χ2n) is 5.54. The Labute approximate surface area is 153 Å². The number of rotatable bonds is 6. The second-order valence-corrected chi connectivity index (χ2v) is 5.54. The molecule has 0 heterocycles. The van der Waals surface area contributed by atoms with Crippen LogP contribution in [0.25, 0.3) is 0 Å². The van der Waals surface area contributed by atoms with E-state index in [0.717, 1.165) is 12.1 Å². The van der Waals surface area contributed by atoms with Crippen LogP contribution in [-0.4, -0.2) is 31.9 Å². The summed E-state index contributed by atoms with van der Waals surface area (Å²) in [4.78, 5) is 11.9. The van der Waals surface area contributed by atoms with Gasteiger partial charge in [-0.25, -0.2) is 4.79 Å².